The Morgan fingerprint density at radius 1 is 1.20 bits per heavy atom. The van der Waals surface area contributed by atoms with Crippen molar-refractivity contribution in [3.63, 3.8) is 0 Å². The van der Waals surface area contributed by atoms with Gasteiger partial charge >= 0.3 is 0 Å². The van der Waals surface area contributed by atoms with E-state index in [1.54, 1.807) is 0 Å². The number of carbonyl (C=O) groups excluding carboxylic acids is 1. The lowest BCUT2D eigenvalue weighted by molar-refractivity contribution is -0.122. The average Bonchev–Trinajstić information content (AvgIpc) is 2.63. The van der Waals surface area contributed by atoms with Gasteiger partial charge in [-0.25, -0.2) is 4.98 Å². The summed E-state index contributed by atoms with van der Waals surface area (Å²) in [6.45, 7) is 3.28. The molecular weight excluding hydrogens is 316 g/mol. The summed E-state index contributed by atoms with van der Waals surface area (Å²) in [5, 5.41) is 3.01. The molecule has 2 bridgehead atoms. The third-order valence-electron chi connectivity index (χ3n) is 6.16. The number of fused-ring (bicyclic) bond motifs is 2. The minimum Gasteiger partial charge on any atom is -0.378 e. The van der Waals surface area contributed by atoms with Gasteiger partial charge in [0.15, 0.2) is 0 Å². The summed E-state index contributed by atoms with van der Waals surface area (Å²) in [6, 6.07) is 4.22. The number of nitrogens with two attached hydrogens (primary N) is 1. The van der Waals surface area contributed by atoms with Gasteiger partial charge in [0.2, 0.25) is 5.91 Å². The van der Waals surface area contributed by atoms with Crippen LogP contribution in [0.5, 0.6) is 0 Å². The molecule has 0 aromatic carbocycles. The molecule has 1 saturated heterocycles. The van der Waals surface area contributed by atoms with Crippen LogP contribution < -0.4 is 16.0 Å². The van der Waals surface area contributed by atoms with E-state index in [9.17, 15) is 4.79 Å². The van der Waals surface area contributed by atoms with E-state index < -0.39 is 0 Å². The molecule has 3 fully saturated rings. The number of ether oxygens (including phenoxy) is 1. The van der Waals surface area contributed by atoms with Crippen molar-refractivity contribution in [2.24, 2.45) is 23.5 Å². The number of rotatable bonds is 3. The van der Waals surface area contributed by atoms with Crippen LogP contribution in [0.1, 0.15) is 32.1 Å². The lowest BCUT2D eigenvalue weighted by atomic mass is 9.65. The van der Waals surface area contributed by atoms with Crippen LogP contribution in [0.4, 0.5) is 11.5 Å². The van der Waals surface area contributed by atoms with Gasteiger partial charge in [0.25, 0.3) is 0 Å². The summed E-state index contributed by atoms with van der Waals surface area (Å²) >= 11 is 0. The highest BCUT2D eigenvalue weighted by atomic mass is 16.5. The highest BCUT2D eigenvalue weighted by Crippen LogP contribution is 2.42. The van der Waals surface area contributed by atoms with Gasteiger partial charge in [-0.05, 0) is 49.7 Å². The number of aromatic nitrogens is 1. The van der Waals surface area contributed by atoms with Crippen LogP contribution in [-0.2, 0) is 9.53 Å². The maximum absolute atomic E-state index is 12.7. The van der Waals surface area contributed by atoms with Crippen LogP contribution in [-0.4, -0.2) is 43.2 Å². The van der Waals surface area contributed by atoms with E-state index in [2.05, 4.69) is 15.2 Å². The monoisotopic (exact) mass is 344 g/mol. The second-order valence-electron chi connectivity index (χ2n) is 7.69. The van der Waals surface area contributed by atoms with E-state index in [-0.39, 0.29) is 11.8 Å². The van der Waals surface area contributed by atoms with Crippen molar-refractivity contribution in [2.75, 3.05) is 36.5 Å². The standard InChI is InChI=1S/C19H28N4O2/c20-18-13-2-1-3-14(18)11-15(10-13)19(24)22-17-5-4-16(12-21-17)23-6-8-25-9-7-23/h4-5,12-15,18H,1-3,6-11,20H2,(H,21,22,24). The maximum Gasteiger partial charge on any atom is 0.228 e. The fraction of sp³-hybridized carbons (Fsp3) is 0.684. The van der Waals surface area contributed by atoms with Crippen LogP contribution in [0.2, 0.25) is 0 Å². The molecule has 2 saturated carbocycles. The van der Waals surface area contributed by atoms with E-state index >= 15 is 0 Å². The molecule has 25 heavy (non-hydrogen) atoms. The van der Waals surface area contributed by atoms with E-state index in [1.807, 2.05) is 18.3 Å². The summed E-state index contributed by atoms with van der Waals surface area (Å²) in [5.74, 6) is 1.85. The quantitative estimate of drug-likeness (QED) is 0.877. The topological polar surface area (TPSA) is 80.5 Å². The molecule has 2 heterocycles. The normalized spacial score (nSPS) is 32.3. The summed E-state index contributed by atoms with van der Waals surface area (Å²) in [7, 11) is 0. The fourth-order valence-electron chi connectivity index (χ4n) is 4.70. The van der Waals surface area contributed by atoms with Crippen LogP contribution in [0.15, 0.2) is 18.3 Å². The highest BCUT2D eigenvalue weighted by Gasteiger charge is 2.40. The first-order chi connectivity index (χ1) is 12.2. The number of hydrogen-bond donors (Lipinski definition) is 2. The molecule has 1 amide bonds. The van der Waals surface area contributed by atoms with Crippen molar-refractivity contribution in [3.05, 3.63) is 18.3 Å². The number of carbonyl (C=O) groups is 1. The Morgan fingerprint density at radius 2 is 1.92 bits per heavy atom. The molecule has 6 heteroatoms. The number of amides is 1. The second-order valence-corrected chi connectivity index (χ2v) is 7.69. The zero-order valence-corrected chi connectivity index (χ0v) is 14.7. The zero-order valence-electron chi connectivity index (χ0n) is 14.7. The number of morpholine rings is 1. The molecule has 1 aliphatic heterocycles. The second kappa shape index (κ2) is 7.30. The Labute approximate surface area is 149 Å². The van der Waals surface area contributed by atoms with Crippen LogP contribution in [0.25, 0.3) is 0 Å². The van der Waals surface area contributed by atoms with Crippen molar-refractivity contribution in [1.29, 1.82) is 0 Å². The fourth-order valence-corrected chi connectivity index (χ4v) is 4.70. The first-order valence-electron chi connectivity index (χ1n) is 9.56. The molecule has 2 atom stereocenters. The van der Waals surface area contributed by atoms with Gasteiger partial charge in [-0.2, -0.15) is 0 Å². The largest absolute Gasteiger partial charge is 0.378 e. The minimum absolute atomic E-state index is 0.0795. The molecule has 0 spiro atoms. The lowest BCUT2D eigenvalue weighted by Gasteiger charge is -2.43. The lowest BCUT2D eigenvalue weighted by Crippen LogP contribution is -2.48. The van der Waals surface area contributed by atoms with E-state index in [0.717, 1.165) is 44.8 Å². The van der Waals surface area contributed by atoms with Gasteiger partial charge in [-0.3, -0.25) is 4.79 Å². The Bertz CT molecular complexity index is 586. The number of anilines is 2. The van der Waals surface area contributed by atoms with Crippen molar-refractivity contribution in [3.8, 4) is 0 Å². The number of nitrogens with one attached hydrogen (secondary N) is 1. The first kappa shape index (κ1) is 16.8. The molecule has 2 aliphatic carbocycles. The van der Waals surface area contributed by atoms with E-state index in [4.69, 9.17) is 10.5 Å². The van der Waals surface area contributed by atoms with Gasteiger partial charge < -0.3 is 20.7 Å². The van der Waals surface area contributed by atoms with Crippen molar-refractivity contribution < 1.29 is 9.53 Å². The Kier molecular flexibility index (Phi) is 4.90. The van der Waals surface area contributed by atoms with Gasteiger partial charge in [0, 0.05) is 25.0 Å². The van der Waals surface area contributed by atoms with Gasteiger partial charge in [-0.1, -0.05) is 6.42 Å². The molecule has 3 aliphatic rings. The predicted octanol–water partition coefficient (Wildman–Crippen LogP) is 2.01. The van der Waals surface area contributed by atoms with Crippen molar-refractivity contribution in [2.45, 2.75) is 38.1 Å². The zero-order chi connectivity index (χ0) is 17.2. The SMILES string of the molecule is NC1C2CCCC1CC(C(=O)Nc1ccc(N3CCOCC3)cn1)C2. The summed E-state index contributed by atoms with van der Waals surface area (Å²) < 4.78 is 5.38. The molecule has 1 aromatic rings. The maximum atomic E-state index is 12.7. The Hall–Kier alpha value is -1.66. The summed E-state index contributed by atoms with van der Waals surface area (Å²) in [5.41, 5.74) is 7.41. The van der Waals surface area contributed by atoms with Crippen LogP contribution in [0, 0.1) is 17.8 Å². The predicted molar refractivity (Wildman–Crippen MR) is 97.4 cm³/mol. The smallest absolute Gasteiger partial charge is 0.228 e. The molecule has 6 nitrogen and oxygen atoms in total. The first-order valence-corrected chi connectivity index (χ1v) is 9.56. The number of pyridine rings is 1. The third kappa shape index (κ3) is 3.65. The molecule has 4 rings (SSSR count). The number of hydrogen-bond acceptors (Lipinski definition) is 5. The highest BCUT2D eigenvalue weighted by molar-refractivity contribution is 5.91. The number of nitrogens with zero attached hydrogens (tertiary/aromatic N) is 2. The molecule has 1 aromatic heterocycles. The Morgan fingerprint density at radius 3 is 2.56 bits per heavy atom. The van der Waals surface area contributed by atoms with E-state index in [0.29, 0.717) is 23.7 Å². The average molecular weight is 344 g/mol. The van der Waals surface area contributed by atoms with Crippen LogP contribution in [0.3, 0.4) is 0 Å². The molecule has 136 valence electrons. The molecular formula is C19H28N4O2. The summed E-state index contributed by atoms with van der Waals surface area (Å²) in [6.07, 6.45) is 7.31. The summed E-state index contributed by atoms with van der Waals surface area (Å²) in [4.78, 5) is 19.4. The van der Waals surface area contributed by atoms with Crippen molar-refractivity contribution in [1.82, 2.24) is 4.98 Å². The molecule has 2 unspecified atom stereocenters. The molecule has 3 N–H and O–H groups in total. The minimum atomic E-state index is 0.0795. The van der Waals surface area contributed by atoms with Gasteiger partial charge in [0.05, 0.1) is 25.1 Å². The van der Waals surface area contributed by atoms with Gasteiger partial charge in [-0.15, -0.1) is 0 Å². The van der Waals surface area contributed by atoms with E-state index in [1.165, 1.54) is 19.3 Å². The van der Waals surface area contributed by atoms with Gasteiger partial charge in [0.1, 0.15) is 5.82 Å². The Balaban J connectivity index is 1.36. The van der Waals surface area contributed by atoms with Crippen LogP contribution >= 0.6 is 0 Å². The third-order valence-corrected chi connectivity index (χ3v) is 6.16. The molecule has 0 radical (unpaired) electrons. The van der Waals surface area contributed by atoms with Crippen molar-refractivity contribution >= 4 is 17.4 Å².